The summed E-state index contributed by atoms with van der Waals surface area (Å²) in [6.07, 6.45) is 1.50. The number of thiophene rings is 1. The Morgan fingerprint density at radius 1 is 1.28 bits per heavy atom. The maximum atomic E-state index is 13.0. The van der Waals surface area contributed by atoms with Crippen LogP contribution in [0, 0.1) is 6.92 Å². The Labute approximate surface area is 174 Å². The van der Waals surface area contributed by atoms with Crippen LogP contribution in [0.15, 0.2) is 46.8 Å². The highest BCUT2D eigenvalue weighted by atomic mass is 32.1. The Hall–Kier alpha value is -3.04. The number of carbonyl (C=O) groups excluding carboxylic acids is 1. The van der Waals surface area contributed by atoms with Gasteiger partial charge >= 0.3 is 5.97 Å². The van der Waals surface area contributed by atoms with Gasteiger partial charge in [-0.3, -0.25) is 9.36 Å². The molecule has 0 aliphatic rings. The zero-order chi connectivity index (χ0) is 20.4. The van der Waals surface area contributed by atoms with Gasteiger partial charge in [0, 0.05) is 11.1 Å². The van der Waals surface area contributed by atoms with Gasteiger partial charge in [0.25, 0.3) is 5.56 Å². The Morgan fingerprint density at radius 3 is 2.83 bits per heavy atom. The second-order valence-electron chi connectivity index (χ2n) is 6.27. The van der Waals surface area contributed by atoms with Crippen LogP contribution in [0.4, 0.5) is 10.8 Å². The number of nitrogens with zero attached hydrogens (tertiary/aromatic N) is 3. The van der Waals surface area contributed by atoms with Gasteiger partial charge in [0.1, 0.15) is 9.71 Å². The predicted octanol–water partition coefficient (Wildman–Crippen LogP) is 4.19. The first kappa shape index (κ1) is 19.3. The minimum atomic E-state index is -0.421. The zero-order valence-corrected chi connectivity index (χ0v) is 17.5. The molecule has 0 bridgehead atoms. The van der Waals surface area contributed by atoms with Gasteiger partial charge in [0.05, 0.1) is 30.6 Å². The summed E-state index contributed by atoms with van der Waals surface area (Å²) < 4.78 is 6.59. The number of hydrogen-bond acceptors (Lipinski definition) is 8. The third-order valence-corrected chi connectivity index (χ3v) is 6.27. The van der Waals surface area contributed by atoms with Crippen LogP contribution in [-0.4, -0.2) is 27.1 Å². The van der Waals surface area contributed by atoms with E-state index in [1.165, 1.54) is 33.6 Å². The van der Waals surface area contributed by atoms with Crippen LogP contribution in [0.3, 0.4) is 0 Å². The van der Waals surface area contributed by atoms with Crippen molar-refractivity contribution in [2.75, 3.05) is 11.9 Å². The fourth-order valence-corrected chi connectivity index (χ4v) is 4.67. The van der Waals surface area contributed by atoms with Gasteiger partial charge in [0.15, 0.2) is 5.13 Å². The lowest BCUT2D eigenvalue weighted by Crippen LogP contribution is -2.21. The van der Waals surface area contributed by atoms with Crippen molar-refractivity contribution in [1.29, 1.82) is 0 Å². The molecule has 4 aromatic rings. The van der Waals surface area contributed by atoms with Gasteiger partial charge in [-0.25, -0.2) is 14.8 Å². The van der Waals surface area contributed by atoms with Crippen molar-refractivity contribution in [3.63, 3.8) is 0 Å². The summed E-state index contributed by atoms with van der Waals surface area (Å²) in [6.45, 7) is 4.09. The van der Waals surface area contributed by atoms with E-state index in [0.717, 1.165) is 16.5 Å². The van der Waals surface area contributed by atoms with Gasteiger partial charge in [-0.05, 0) is 31.5 Å². The molecule has 29 heavy (non-hydrogen) atoms. The molecule has 0 radical (unpaired) electrons. The molecule has 0 unspecified atom stereocenters. The number of thiazole rings is 1. The third kappa shape index (κ3) is 3.92. The quantitative estimate of drug-likeness (QED) is 0.465. The molecule has 7 nitrogen and oxygen atoms in total. The Bertz CT molecular complexity index is 1230. The predicted molar refractivity (Wildman–Crippen MR) is 116 cm³/mol. The lowest BCUT2D eigenvalue weighted by Gasteiger charge is -2.04. The molecule has 0 amide bonds. The number of aryl methyl sites for hydroxylation is 1. The lowest BCUT2D eigenvalue weighted by atomic mass is 10.2. The maximum Gasteiger partial charge on any atom is 0.348 e. The Morgan fingerprint density at radius 2 is 2.07 bits per heavy atom. The van der Waals surface area contributed by atoms with Crippen molar-refractivity contribution in [1.82, 2.24) is 14.5 Å². The fraction of sp³-hybridized carbons (Fsp3) is 0.200. The second kappa shape index (κ2) is 8.14. The standard InChI is InChI=1S/C20H18N4O3S2/c1-3-27-19(26)16-12(2)15-17(29-16)21-11-24(18(15)25)9-14-10-28-20(23-14)22-13-7-5-4-6-8-13/h4-8,10-11H,3,9H2,1-2H3,(H,22,23). The molecule has 0 saturated carbocycles. The first-order valence-corrected chi connectivity index (χ1v) is 10.7. The zero-order valence-electron chi connectivity index (χ0n) is 15.8. The smallest absolute Gasteiger partial charge is 0.348 e. The summed E-state index contributed by atoms with van der Waals surface area (Å²) in [5, 5.41) is 6.37. The van der Waals surface area contributed by atoms with Crippen LogP contribution in [0.25, 0.3) is 10.2 Å². The highest BCUT2D eigenvalue weighted by Crippen LogP contribution is 2.27. The molecule has 1 aromatic carbocycles. The molecule has 148 valence electrons. The van der Waals surface area contributed by atoms with E-state index in [2.05, 4.69) is 15.3 Å². The number of benzene rings is 1. The summed E-state index contributed by atoms with van der Waals surface area (Å²) in [4.78, 5) is 35.0. The second-order valence-corrected chi connectivity index (χ2v) is 8.13. The normalized spacial score (nSPS) is 11.0. The van der Waals surface area contributed by atoms with Crippen LogP contribution in [0.2, 0.25) is 0 Å². The number of ether oxygens (including phenoxy) is 1. The van der Waals surface area contributed by atoms with Crippen LogP contribution in [0.1, 0.15) is 27.9 Å². The van der Waals surface area contributed by atoms with Gasteiger partial charge in [0.2, 0.25) is 0 Å². The minimum absolute atomic E-state index is 0.190. The summed E-state index contributed by atoms with van der Waals surface area (Å²) in [5.41, 5.74) is 2.13. The summed E-state index contributed by atoms with van der Waals surface area (Å²) >= 11 is 2.66. The average molecular weight is 427 g/mol. The number of anilines is 2. The van der Waals surface area contributed by atoms with E-state index < -0.39 is 5.97 Å². The number of fused-ring (bicyclic) bond motifs is 1. The molecule has 9 heteroatoms. The van der Waals surface area contributed by atoms with E-state index in [9.17, 15) is 9.59 Å². The van der Waals surface area contributed by atoms with E-state index in [1.807, 2.05) is 35.7 Å². The van der Waals surface area contributed by atoms with E-state index in [0.29, 0.717) is 27.2 Å². The van der Waals surface area contributed by atoms with Crippen LogP contribution in [0.5, 0.6) is 0 Å². The third-order valence-electron chi connectivity index (χ3n) is 4.29. The largest absolute Gasteiger partial charge is 0.462 e. The SMILES string of the molecule is CCOC(=O)c1sc2ncn(Cc3csc(Nc4ccccc4)n3)c(=O)c2c1C. The molecular weight excluding hydrogens is 408 g/mol. The van der Waals surface area contributed by atoms with Crippen LogP contribution in [-0.2, 0) is 11.3 Å². The molecule has 0 spiro atoms. The van der Waals surface area contributed by atoms with Crippen molar-refractivity contribution in [2.24, 2.45) is 0 Å². The molecule has 3 aromatic heterocycles. The first-order valence-electron chi connectivity index (χ1n) is 8.99. The minimum Gasteiger partial charge on any atom is -0.462 e. The molecule has 0 aliphatic carbocycles. The van der Waals surface area contributed by atoms with Crippen molar-refractivity contribution in [3.05, 3.63) is 68.5 Å². The fourth-order valence-electron chi connectivity index (χ4n) is 2.92. The van der Waals surface area contributed by atoms with E-state index >= 15 is 0 Å². The molecular formula is C20H18N4O3S2. The van der Waals surface area contributed by atoms with Gasteiger partial charge < -0.3 is 10.1 Å². The van der Waals surface area contributed by atoms with Crippen LogP contribution < -0.4 is 10.9 Å². The molecule has 0 fully saturated rings. The first-order chi connectivity index (χ1) is 14.1. The molecule has 1 N–H and O–H groups in total. The number of nitrogens with one attached hydrogen (secondary N) is 1. The van der Waals surface area contributed by atoms with E-state index in [-0.39, 0.29) is 12.2 Å². The maximum absolute atomic E-state index is 13.0. The molecule has 4 rings (SSSR count). The van der Waals surface area contributed by atoms with Crippen LogP contribution >= 0.6 is 22.7 Å². The number of para-hydroxylation sites is 1. The number of hydrogen-bond donors (Lipinski definition) is 1. The average Bonchev–Trinajstić information content (AvgIpc) is 3.29. The molecule has 0 atom stereocenters. The van der Waals surface area contributed by atoms with Crippen molar-refractivity contribution >= 4 is 49.7 Å². The summed E-state index contributed by atoms with van der Waals surface area (Å²) in [7, 11) is 0. The Balaban J connectivity index is 1.60. The van der Waals surface area contributed by atoms with Crippen molar-refractivity contribution in [2.45, 2.75) is 20.4 Å². The van der Waals surface area contributed by atoms with Gasteiger partial charge in [-0.15, -0.1) is 22.7 Å². The monoisotopic (exact) mass is 426 g/mol. The number of rotatable bonds is 6. The lowest BCUT2D eigenvalue weighted by molar-refractivity contribution is 0.0531. The Kier molecular flexibility index (Phi) is 5.41. The van der Waals surface area contributed by atoms with E-state index in [4.69, 9.17) is 4.74 Å². The van der Waals surface area contributed by atoms with E-state index in [1.54, 1.807) is 13.8 Å². The summed E-state index contributed by atoms with van der Waals surface area (Å²) in [6, 6.07) is 9.78. The highest BCUT2D eigenvalue weighted by molar-refractivity contribution is 7.20. The number of carbonyl (C=O) groups is 1. The molecule has 3 heterocycles. The van der Waals surface area contributed by atoms with Gasteiger partial charge in [-0.1, -0.05) is 18.2 Å². The topological polar surface area (TPSA) is 86.1 Å². The van der Waals surface area contributed by atoms with Crippen molar-refractivity contribution < 1.29 is 9.53 Å². The van der Waals surface area contributed by atoms with Crippen molar-refractivity contribution in [3.8, 4) is 0 Å². The number of aromatic nitrogens is 3. The highest BCUT2D eigenvalue weighted by Gasteiger charge is 2.20. The number of esters is 1. The summed E-state index contributed by atoms with van der Waals surface area (Å²) in [5.74, 6) is -0.421. The van der Waals surface area contributed by atoms with Gasteiger partial charge in [-0.2, -0.15) is 0 Å². The molecule has 0 aliphatic heterocycles. The molecule has 0 saturated heterocycles.